The first kappa shape index (κ1) is 10.6. The quantitative estimate of drug-likeness (QED) is 0.775. The van der Waals surface area contributed by atoms with E-state index in [-0.39, 0.29) is 16.7 Å². The second-order valence-corrected chi connectivity index (χ2v) is 3.64. The molecule has 0 heterocycles. The highest BCUT2D eigenvalue weighted by Gasteiger charge is 2.13. The van der Waals surface area contributed by atoms with Crippen LogP contribution in [0, 0.1) is 18.6 Å². The minimum Gasteiger partial charge on any atom is -0.508 e. The molecule has 0 atom stereocenters. The average molecular weight is 220 g/mol. The summed E-state index contributed by atoms with van der Waals surface area (Å²) >= 11 is 0. The average Bonchev–Trinajstić information content (AvgIpc) is 2.20. The molecule has 0 amide bonds. The summed E-state index contributed by atoms with van der Waals surface area (Å²) in [5.74, 6) is -1.36. The van der Waals surface area contributed by atoms with Crippen LogP contribution in [0.4, 0.5) is 8.78 Å². The second-order valence-electron chi connectivity index (χ2n) is 3.64. The first-order valence-corrected chi connectivity index (χ1v) is 4.78. The lowest BCUT2D eigenvalue weighted by Crippen LogP contribution is -1.92. The van der Waals surface area contributed by atoms with E-state index in [0.717, 1.165) is 6.07 Å². The molecule has 2 aromatic rings. The highest BCUT2D eigenvalue weighted by molar-refractivity contribution is 5.94. The van der Waals surface area contributed by atoms with Gasteiger partial charge in [0, 0.05) is 17.0 Å². The van der Waals surface area contributed by atoms with Crippen LogP contribution in [-0.2, 0) is 0 Å². The molecular formula is C13H10F2O. The van der Waals surface area contributed by atoms with Crippen molar-refractivity contribution in [3.8, 4) is 5.75 Å². The summed E-state index contributed by atoms with van der Waals surface area (Å²) in [7, 11) is 0. The Kier molecular flexibility index (Phi) is 2.38. The molecule has 0 radical (unpaired) electrons. The van der Waals surface area contributed by atoms with Gasteiger partial charge >= 0.3 is 0 Å². The molecule has 0 spiro atoms. The third-order valence-corrected chi connectivity index (χ3v) is 2.56. The number of halogens is 2. The fourth-order valence-electron chi connectivity index (χ4n) is 1.90. The van der Waals surface area contributed by atoms with E-state index in [2.05, 4.69) is 6.58 Å². The van der Waals surface area contributed by atoms with Crippen LogP contribution in [0.3, 0.4) is 0 Å². The third-order valence-electron chi connectivity index (χ3n) is 2.56. The maximum atomic E-state index is 13.5. The number of fused-ring (bicyclic) bond motifs is 1. The third kappa shape index (κ3) is 1.45. The minimum absolute atomic E-state index is 0.0366. The molecule has 82 valence electrons. The summed E-state index contributed by atoms with van der Waals surface area (Å²) in [6.45, 7) is 5.20. The molecule has 2 aromatic carbocycles. The van der Waals surface area contributed by atoms with E-state index in [1.54, 1.807) is 6.92 Å². The Labute approximate surface area is 91.6 Å². The highest BCUT2D eigenvalue weighted by Crippen LogP contribution is 2.31. The van der Waals surface area contributed by atoms with Gasteiger partial charge in [0.05, 0.1) is 0 Å². The van der Waals surface area contributed by atoms with E-state index in [0.29, 0.717) is 10.9 Å². The van der Waals surface area contributed by atoms with E-state index < -0.39 is 11.6 Å². The lowest BCUT2D eigenvalue weighted by atomic mass is 9.98. The largest absolute Gasteiger partial charge is 0.508 e. The van der Waals surface area contributed by atoms with Crippen LogP contribution in [0.25, 0.3) is 16.8 Å². The molecule has 0 aliphatic heterocycles. The summed E-state index contributed by atoms with van der Waals surface area (Å²) in [6.07, 6.45) is 1.35. The van der Waals surface area contributed by atoms with Crippen molar-refractivity contribution in [1.82, 2.24) is 0 Å². The van der Waals surface area contributed by atoms with Gasteiger partial charge in [0.1, 0.15) is 17.4 Å². The minimum atomic E-state index is -0.683. The zero-order valence-electron chi connectivity index (χ0n) is 8.72. The Morgan fingerprint density at radius 1 is 1.19 bits per heavy atom. The molecule has 0 fully saturated rings. The van der Waals surface area contributed by atoms with Crippen molar-refractivity contribution >= 4 is 16.8 Å². The lowest BCUT2D eigenvalue weighted by Gasteiger charge is -2.09. The van der Waals surface area contributed by atoms with E-state index >= 15 is 0 Å². The predicted molar refractivity (Wildman–Crippen MR) is 60.4 cm³/mol. The van der Waals surface area contributed by atoms with Crippen LogP contribution in [-0.4, -0.2) is 5.11 Å². The van der Waals surface area contributed by atoms with Crippen LogP contribution in [0.5, 0.6) is 5.75 Å². The number of hydrogen-bond donors (Lipinski definition) is 1. The molecule has 0 saturated heterocycles. The topological polar surface area (TPSA) is 20.2 Å². The number of aromatic hydroxyl groups is 1. The van der Waals surface area contributed by atoms with Crippen LogP contribution >= 0.6 is 0 Å². The van der Waals surface area contributed by atoms with Crippen molar-refractivity contribution in [3.05, 3.63) is 47.5 Å². The highest BCUT2D eigenvalue weighted by atomic mass is 19.1. The fraction of sp³-hybridized carbons (Fsp3) is 0.0769. The van der Waals surface area contributed by atoms with Crippen LogP contribution in [0.2, 0.25) is 0 Å². The molecule has 0 saturated carbocycles. The Morgan fingerprint density at radius 3 is 2.50 bits per heavy atom. The number of phenolic OH excluding ortho intramolecular Hbond substituents is 1. The second kappa shape index (κ2) is 3.59. The van der Waals surface area contributed by atoms with Crippen molar-refractivity contribution in [1.29, 1.82) is 0 Å². The molecule has 1 nitrogen and oxygen atoms in total. The van der Waals surface area contributed by atoms with Crippen molar-refractivity contribution in [2.75, 3.05) is 0 Å². The maximum absolute atomic E-state index is 13.5. The van der Waals surface area contributed by atoms with Gasteiger partial charge in [-0.15, -0.1) is 0 Å². The van der Waals surface area contributed by atoms with Gasteiger partial charge in [-0.1, -0.05) is 12.7 Å². The summed E-state index contributed by atoms with van der Waals surface area (Å²) in [5, 5.41) is 10.0. The molecule has 0 unspecified atom stereocenters. The predicted octanol–water partition coefficient (Wildman–Crippen LogP) is 3.78. The molecule has 0 aromatic heterocycles. The Bertz CT molecular complexity index is 588. The summed E-state index contributed by atoms with van der Waals surface area (Å²) in [4.78, 5) is 0. The fourth-order valence-corrected chi connectivity index (χ4v) is 1.90. The van der Waals surface area contributed by atoms with Crippen LogP contribution in [0.15, 0.2) is 24.8 Å². The normalized spacial score (nSPS) is 10.7. The van der Waals surface area contributed by atoms with Gasteiger partial charge in [-0.25, -0.2) is 8.78 Å². The van der Waals surface area contributed by atoms with Gasteiger partial charge in [-0.3, -0.25) is 0 Å². The van der Waals surface area contributed by atoms with Crippen molar-refractivity contribution in [2.45, 2.75) is 6.92 Å². The molecule has 3 heteroatoms. The standard InChI is InChI=1S/C13H10F2O/c1-3-9-11(14)6-12(15)10-5-8(16)4-7(2)13(9)10/h3-6,16H,1H2,2H3. The van der Waals surface area contributed by atoms with E-state index in [4.69, 9.17) is 0 Å². The monoisotopic (exact) mass is 220 g/mol. The summed E-state index contributed by atoms with van der Waals surface area (Å²) < 4.78 is 27.0. The van der Waals surface area contributed by atoms with E-state index in [1.807, 2.05) is 0 Å². The molecule has 2 rings (SSSR count). The van der Waals surface area contributed by atoms with E-state index in [9.17, 15) is 13.9 Å². The first-order valence-electron chi connectivity index (χ1n) is 4.78. The Hall–Kier alpha value is -1.90. The van der Waals surface area contributed by atoms with Crippen molar-refractivity contribution < 1.29 is 13.9 Å². The van der Waals surface area contributed by atoms with Crippen LogP contribution < -0.4 is 0 Å². The lowest BCUT2D eigenvalue weighted by molar-refractivity contribution is 0.475. The molecule has 0 bridgehead atoms. The number of hydrogen-bond acceptors (Lipinski definition) is 1. The number of rotatable bonds is 1. The summed E-state index contributed by atoms with van der Waals surface area (Å²) in [5.41, 5.74) is 0.872. The number of benzene rings is 2. The first-order chi connectivity index (χ1) is 7.54. The van der Waals surface area contributed by atoms with Crippen molar-refractivity contribution in [3.63, 3.8) is 0 Å². The smallest absolute Gasteiger partial charge is 0.134 e. The Morgan fingerprint density at radius 2 is 1.88 bits per heavy atom. The molecule has 16 heavy (non-hydrogen) atoms. The van der Waals surface area contributed by atoms with Gasteiger partial charge in [0.2, 0.25) is 0 Å². The van der Waals surface area contributed by atoms with Gasteiger partial charge in [-0.05, 0) is 30.0 Å². The molecule has 0 aliphatic carbocycles. The summed E-state index contributed by atoms with van der Waals surface area (Å²) in [6, 6.07) is 3.55. The van der Waals surface area contributed by atoms with Gasteiger partial charge in [-0.2, -0.15) is 0 Å². The van der Waals surface area contributed by atoms with Crippen LogP contribution in [0.1, 0.15) is 11.1 Å². The van der Waals surface area contributed by atoms with Gasteiger partial charge in [0.25, 0.3) is 0 Å². The van der Waals surface area contributed by atoms with Gasteiger partial charge < -0.3 is 5.11 Å². The zero-order chi connectivity index (χ0) is 11.9. The number of phenols is 1. The number of aryl methyl sites for hydroxylation is 1. The molecule has 0 aliphatic rings. The maximum Gasteiger partial charge on any atom is 0.134 e. The molecular weight excluding hydrogens is 210 g/mol. The van der Waals surface area contributed by atoms with Gasteiger partial charge in [0.15, 0.2) is 0 Å². The molecule has 1 N–H and O–H groups in total. The SMILES string of the molecule is C=Cc1c(F)cc(F)c2cc(O)cc(C)c12. The van der Waals surface area contributed by atoms with Crippen molar-refractivity contribution in [2.24, 2.45) is 0 Å². The zero-order valence-corrected chi connectivity index (χ0v) is 8.72. The Balaban J connectivity index is 3.05. The van der Waals surface area contributed by atoms with E-state index in [1.165, 1.54) is 18.2 Å².